The first-order valence-corrected chi connectivity index (χ1v) is 10.5. The number of para-hydroxylation sites is 1. The van der Waals surface area contributed by atoms with Crippen LogP contribution in [0.15, 0.2) is 24.3 Å². The summed E-state index contributed by atoms with van der Waals surface area (Å²) >= 11 is 0.933. The first kappa shape index (κ1) is 20.4. The Balaban J connectivity index is 2.39. The van der Waals surface area contributed by atoms with Crippen LogP contribution in [-0.2, 0) is 14.8 Å². The second-order valence-electron chi connectivity index (χ2n) is 5.47. The maximum absolute atomic E-state index is 12.6. The average Bonchev–Trinajstić information content (AvgIpc) is 2.89. The van der Waals surface area contributed by atoms with Crippen molar-refractivity contribution in [2.45, 2.75) is 13.8 Å². The van der Waals surface area contributed by atoms with Crippen LogP contribution in [0.4, 0.5) is 10.7 Å². The van der Waals surface area contributed by atoms with Gasteiger partial charge in [-0.05, 0) is 31.5 Å². The molecule has 142 valence electrons. The molecule has 2 rings (SSSR count). The molecule has 1 amide bonds. The van der Waals surface area contributed by atoms with Crippen LogP contribution in [0.25, 0.3) is 0 Å². The highest BCUT2D eigenvalue weighted by Crippen LogP contribution is 2.33. The molecule has 0 saturated carbocycles. The number of esters is 1. The second kappa shape index (κ2) is 8.20. The number of nitriles is 1. The summed E-state index contributed by atoms with van der Waals surface area (Å²) in [7, 11) is -3.58. The summed E-state index contributed by atoms with van der Waals surface area (Å²) in [6.45, 7) is 3.45. The molecule has 0 aliphatic heterocycles. The van der Waals surface area contributed by atoms with Crippen molar-refractivity contribution in [2.24, 2.45) is 0 Å². The molecule has 1 aromatic carbocycles. The van der Waals surface area contributed by atoms with E-state index in [-0.39, 0.29) is 33.3 Å². The van der Waals surface area contributed by atoms with Gasteiger partial charge in [0.1, 0.15) is 15.9 Å². The van der Waals surface area contributed by atoms with E-state index in [2.05, 4.69) is 10.0 Å². The van der Waals surface area contributed by atoms with Crippen LogP contribution in [0.5, 0.6) is 0 Å². The molecule has 0 aliphatic rings. The normalized spacial score (nSPS) is 10.7. The standard InChI is InChI=1S/C17H17N3O5S2/c1-4-25-17(22)14-10(2)12(9-18)16(26-14)19-15(21)11-7-5-6-8-13(11)20-27(3,23)24/h5-8,20H,4H2,1-3H3,(H,19,21). The lowest BCUT2D eigenvalue weighted by Crippen LogP contribution is -2.17. The van der Waals surface area contributed by atoms with Gasteiger partial charge in [-0.15, -0.1) is 11.3 Å². The second-order valence-corrected chi connectivity index (χ2v) is 8.24. The van der Waals surface area contributed by atoms with Gasteiger partial charge in [0.2, 0.25) is 10.0 Å². The molecule has 0 spiro atoms. The Morgan fingerprint density at radius 3 is 2.56 bits per heavy atom. The number of nitrogens with one attached hydrogen (secondary N) is 2. The van der Waals surface area contributed by atoms with E-state index in [4.69, 9.17) is 4.74 Å². The topological polar surface area (TPSA) is 125 Å². The molecule has 2 N–H and O–H groups in total. The van der Waals surface area contributed by atoms with Crippen molar-refractivity contribution in [3.05, 3.63) is 45.8 Å². The molecule has 0 radical (unpaired) electrons. The molecule has 2 aromatic rings. The maximum Gasteiger partial charge on any atom is 0.348 e. The van der Waals surface area contributed by atoms with Crippen molar-refractivity contribution < 1.29 is 22.7 Å². The van der Waals surface area contributed by atoms with E-state index in [9.17, 15) is 23.3 Å². The van der Waals surface area contributed by atoms with Crippen molar-refractivity contribution in [3.63, 3.8) is 0 Å². The molecule has 0 unspecified atom stereocenters. The zero-order valence-electron chi connectivity index (χ0n) is 14.8. The van der Waals surface area contributed by atoms with E-state index in [0.29, 0.717) is 5.56 Å². The zero-order valence-corrected chi connectivity index (χ0v) is 16.5. The lowest BCUT2D eigenvalue weighted by Gasteiger charge is -2.10. The minimum absolute atomic E-state index is 0.0792. The third kappa shape index (κ3) is 4.84. The molecule has 27 heavy (non-hydrogen) atoms. The van der Waals surface area contributed by atoms with E-state index < -0.39 is 21.9 Å². The van der Waals surface area contributed by atoms with E-state index in [1.54, 1.807) is 26.0 Å². The summed E-state index contributed by atoms with van der Waals surface area (Å²) in [5, 5.41) is 12.1. The lowest BCUT2D eigenvalue weighted by atomic mass is 10.1. The highest BCUT2D eigenvalue weighted by Gasteiger charge is 2.23. The van der Waals surface area contributed by atoms with Gasteiger partial charge < -0.3 is 10.1 Å². The minimum atomic E-state index is -3.58. The van der Waals surface area contributed by atoms with Gasteiger partial charge in [0.05, 0.1) is 29.7 Å². The molecule has 0 fully saturated rings. The Hall–Kier alpha value is -2.90. The van der Waals surface area contributed by atoms with Crippen LogP contribution >= 0.6 is 11.3 Å². The van der Waals surface area contributed by atoms with E-state index in [0.717, 1.165) is 17.6 Å². The highest BCUT2D eigenvalue weighted by atomic mass is 32.2. The number of thiophene rings is 1. The molecule has 10 heteroatoms. The zero-order chi connectivity index (χ0) is 20.2. The summed E-state index contributed by atoms with van der Waals surface area (Å²) in [5.41, 5.74) is 0.759. The van der Waals surface area contributed by atoms with Crippen LogP contribution in [0.1, 0.15) is 38.1 Å². The van der Waals surface area contributed by atoms with Crippen molar-refractivity contribution in [1.82, 2.24) is 0 Å². The fourth-order valence-corrected chi connectivity index (χ4v) is 3.89. The summed E-state index contributed by atoms with van der Waals surface area (Å²) in [5.74, 6) is -1.19. The first-order valence-electron chi connectivity index (χ1n) is 7.76. The number of ether oxygens (including phenoxy) is 1. The number of rotatable bonds is 6. The van der Waals surface area contributed by atoms with Crippen LogP contribution in [0.2, 0.25) is 0 Å². The van der Waals surface area contributed by atoms with Gasteiger partial charge in [-0.3, -0.25) is 9.52 Å². The molecule has 0 atom stereocenters. The number of amides is 1. The highest BCUT2D eigenvalue weighted by molar-refractivity contribution is 7.92. The summed E-state index contributed by atoms with van der Waals surface area (Å²) in [6.07, 6.45) is 0.976. The summed E-state index contributed by atoms with van der Waals surface area (Å²) in [4.78, 5) is 24.9. The first-order chi connectivity index (χ1) is 12.7. The molecule has 0 bridgehead atoms. The Kier molecular flexibility index (Phi) is 6.20. The predicted octanol–water partition coefficient (Wildman–Crippen LogP) is 2.73. The molecule has 0 saturated heterocycles. The fraction of sp³-hybridized carbons (Fsp3) is 0.235. The average molecular weight is 407 g/mol. The van der Waals surface area contributed by atoms with E-state index in [1.807, 2.05) is 6.07 Å². The van der Waals surface area contributed by atoms with E-state index in [1.165, 1.54) is 12.1 Å². The number of anilines is 2. The SMILES string of the molecule is CCOC(=O)c1sc(NC(=O)c2ccccc2NS(C)(=O)=O)c(C#N)c1C. The Bertz CT molecular complexity index is 1040. The number of hydrogen-bond acceptors (Lipinski definition) is 7. The smallest absolute Gasteiger partial charge is 0.348 e. The number of hydrogen-bond donors (Lipinski definition) is 2. The van der Waals surface area contributed by atoms with Crippen LogP contribution in [-0.4, -0.2) is 33.2 Å². The molecule has 0 aliphatic carbocycles. The number of carbonyl (C=O) groups excluding carboxylic acids is 2. The van der Waals surface area contributed by atoms with Gasteiger partial charge in [0.25, 0.3) is 5.91 Å². The summed E-state index contributed by atoms with van der Waals surface area (Å²) < 4.78 is 30.2. The number of benzene rings is 1. The van der Waals surface area contributed by atoms with Crippen molar-refractivity contribution in [3.8, 4) is 6.07 Å². The molecule has 8 nitrogen and oxygen atoms in total. The molecule has 1 heterocycles. The molecular formula is C17H17N3O5S2. The van der Waals surface area contributed by atoms with Crippen LogP contribution in [0, 0.1) is 18.3 Å². The number of carbonyl (C=O) groups is 2. The lowest BCUT2D eigenvalue weighted by molar-refractivity contribution is 0.0531. The third-order valence-electron chi connectivity index (χ3n) is 3.41. The molecule has 1 aromatic heterocycles. The minimum Gasteiger partial charge on any atom is -0.462 e. The predicted molar refractivity (Wildman–Crippen MR) is 103 cm³/mol. The number of sulfonamides is 1. The van der Waals surface area contributed by atoms with Crippen LogP contribution in [0.3, 0.4) is 0 Å². The summed E-state index contributed by atoms with van der Waals surface area (Å²) in [6, 6.07) is 8.03. The van der Waals surface area contributed by atoms with E-state index >= 15 is 0 Å². The van der Waals surface area contributed by atoms with Gasteiger partial charge in [-0.25, -0.2) is 13.2 Å². The fourth-order valence-electron chi connectivity index (χ4n) is 2.27. The van der Waals surface area contributed by atoms with Crippen molar-refractivity contribution in [1.29, 1.82) is 5.26 Å². The van der Waals surface area contributed by atoms with Gasteiger partial charge in [0.15, 0.2) is 0 Å². The van der Waals surface area contributed by atoms with Gasteiger partial charge in [0, 0.05) is 0 Å². The van der Waals surface area contributed by atoms with Gasteiger partial charge in [-0.1, -0.05) is 12.1 Å². The quantitative estimate of drug-likeness (QED) is 0.709. The van der Waals surface area contributed by atoms with Crippen LogP contribution < -0.4 is 10.0 Å². The van der Waals surface area contributed by atoms with Crippen molar-refractivity contribution in [2.75, 3.05) is 22.9 Å². The largest absolute Gasteiger partial charge is 0.462 e. The Morgan fingerprint density at radius 1 is 1.30 bits per heavy atom. The third-order valence-corrected chi connectivity index (χ3v) is 5.19. The number of nitrogens with zero attached hydrogens (tertiary/aromatic N) is 1. The maximum atomic E-state index is 12.6. The molecular weight excluding hydrogens is 390 g/mol. The monoisotopic (exact) mass is 407 g/mol. The van der Waals surface area contributed by atoms with Gasteiger partial charge >= 0.3 is 5.97 Å². The van der Waals surface area contributed by atoms with Gasteiger partial charge in [-0.2, -0.15) is 5.26 Å². The Labute approximate surface area is 160 Å². The van der Waals surface area contributed by atoms with Crippen molar-refractivity contribution >= 4 is 43.9 Å². The Morgan fingerprint density at radius 2 is 1.96 bits per heavy atom.